The highest BCUT2D eigenvalue weighted by atomic mass is 16.5. The molecule has 2 N–H and O–H groups in total. The Labute approximate surface area is 159 Å². The van der Waals surface area contributed by atoms with Gasteiger partial charge in [-0.3, -0.25) is 9.59 Å². The monoisotopic (exact) mass is 370 g/mol. The fourth-order valence-electron chi connectivity index (χ4n) is 2.52. The fourth-order valence-corrected chi connectivity index (χ4v) is 2.52. The summed E-state index contributed by atoms with van der Waals surface area (Å²) in [6, 6.07) is 13.1. The van der Waals surface area contributed by atoms with Gasteiger partial charge in [0.05, 0.1) is 14.2 Å². The largest absolute Gasteiger partial charge is 0.497 e. The Morgan fingerprint density at radius 3 is 2.07 bits per heavy atom. The van der Waals surface area contributed by atoms with Crippen LogP contribution in [0.25, 0.3) is 0 Å². The third-order valence-electron chi connectivity index (χ3n) is 4.11. The van der Waals surface area contributed by atoms with Crippen LogP contribution < -0.4 is 20.1 Å². The lowest BCUT2D eigenvalue weighted by Crippen LogP contribution is -2.34. The maximum atomic E-state index is 12.2. The van der Waals surface area contributed by atoms with Crippen LogP contribution in [-0.4, -0.2) is 39.1 Å². The number of carbonyl (C=O) groups excluding carboxylic acids is 2. The fraction of sp³-hybridized carbons (Fsp3) is 0.333. The van der Waals surface area contributed by atoms with Crippen LogP contribution in [-0.2, 0) is 11.2 Å². The molecule has 0 heterocycles. The first-order valence-corrected chi connectivity index (χ1v) is 8.85. The topological polar surface area (TPSA) is 76.7 Å². The van der Waals surface area contributed by atoms with E-state index in [2.05, 4.69) is 10.6 Å². The van der Waals surface area contributed by atoms with Crippen LogP contribution in [0, 0.1) is 6.92 Å². The molecule has 0 aromatic heterocycles. The van der Waals surface area contributed by atoms with E-state index in [0.717, 1.165) is 5.56 Å². The first-order chi connectivity index (χ1) is 13.0. The zero-order chi connectivity index (χ0) is 19.6. The van der Waals surface area contributed by atoms with Crippen molar-refractivity contribution in [3.8, 4) is 11.5 Å². The third-order valence-corrected chi connectivity index (χ3v) is 4.11. The molecule has 0 aliphatic heterocycles. The van der Waals surface area contributed by atoms with E-state index in [9.17, 15) is 9.59 Å². The summed E-state index contributed by atoms with van der Waals surface area (Å²) in [7, 11) is 3.06. The first-order valence-electron chi connectivity index (χ1n) is 8.85. The minimum absolute atomic E-state index is 0.0344. The van der Waals surface area contributed by atoms with E-state index in [1.54, 1.807) is 18.2 Å². The maximum absolute atomic E-state index is 12.2. The van der Waals surface area contributed by atoms with Crippen molar-refractivity contribution in [3.63, 3.8) is 0 Å². The normalized spacial score (nSPS) is 10.2. The van der Waals surface area contributed by atoms with Gasteiger partial charge in [0.2, 0.25) is 5.91 Å². The summed E-state index contributed by atoms with van der Waals surface area (Å²) in [6.45, 7) is 2.75. The molecule has 2 aromatic carbocycles. The van der Waals surface area contributed by atoms with Crippen LogP contribution in [0.5, 0.6) is 11.5 Å². The van der Waals surface area contributed by atoms with Gasteiger partial charge in [-0.2, -0.15) is 0 Å². The second-order valence-corrected chi connectivity index (χ2v) is 6.19. The van der Waals surface area contributed by atoms with E-state index in [1.165, 1.54) is 19.8 Å². The van der Waals surface area contributed by atoms with Gasteiger partial charge >= 0.3 is 0 Å². The SMILES string of the molecule is COc1cc(OC)cc(C(=O)NCCNC(=O)CCc2ccc(C)cc2)c1. The molecule has 27 heavy (non-hydrogen) atoms. The quantitative estimate of drug-likeness (QED) is 0.665. The predicted octanol–water partition coefficient (Wildman–Crippen LogP) is 2.49. The molecule has 0 unspecified atom stereocenters. The number of methoxy groups -OCH3 is 2. The van der Waals surface area contributed by atoms with E-state index in [-0.39, 0.29) is 11.8 Å². The number of carbonyl (C=O) groups is 2. The van der Waals surface area contributed by atoms with E-state index in [1.807, 2.05) is 31.2 Å². The van der Waals surface area contributed by atoms with Gasteiger partial charge in [-0.1, -0.05) is 29.8 Å². The summed E-state index contributed by atoms with van der Waals surface area (Å²) in [5, 5.41) is 5.59. The van der Waals surface area contributed by atoms with Gasteiger partial charge in [-0.25, -0.2) is 0 Å². The molecule has 0 radical (unpaired) electrons. The minimum Gasteiger partial charge on any atom is -0.497 e. The van der Waals surface area contributed by atoms with Gasteiger partial charge in [0.25, 0.3) is 5.91 Å². The summed E-state index contributed by atoms with van der Waals surface area (Å²) in [6.07, 6.45) is 1.12. The molecule has 0 saturated carbocycles. The molecule has 0 aliphatic carbocycles. The zero-order valence-corrected chi connectivity index (χ0v) is 16.0. The second-order valence-electron chi connectivity index (χ2n) is 6.19. The molecular formula is C21H26N2O4. The van der Waals surface area contributed by atoms with Gasteiger partial charge in [-0.05, 0) is 31.0 Å². The number of amides is 2. The Hall–Kier alpha value is -3.02. The van der Waals surface area contributed by atoms with Crippen molar-refractivity contribution in [1.82, 2.24) is 10.6 Å². The maximum Gasteiger partial charge on any atom is 0.251 e. The summed E-state index contributed by atoms with van der Waals surface area (Å²) < 4.78 is 10.3. The molecule has 0 bridgehead atoms. The van der Waals surface area contributed by atoms with E-state index < -0.39 is 0 Å². The smallest absolute Gasteiger partial charge is 0.251 e. The second kappa shape index (κ2) is 10.2. The molecule has 0 fully saturated rings. The summed E-state index contributed by atoms with van der Waals surface area (Å²) >= 11 is 0. The van der Waals surface area contributed by atoms with Crippen LogP contribution in [0.4, 0.5) is 0 Å². The average molecular weight is 370 g/mol. The number of rotatable bonds is 9. The molecule has 0 spiro atoms. The summed E-state index contributed by atoms with van der Waals surface area (Å²) in [5.74, 6) is 0.807. The molecule has 0 aliphatic rings. The standard InChI is InChI=1S/C21H26N2O4/c1-15-4-6-16(7-5-15)8-9-20(24)22-10-11-23-21(25)17-12-18(26-2)14-19(13-17)27-3/h4-7,12-14H,8-11H2,1-3H3,(H,22,24)(H,23,25). The number of nitrogens with one attached hydrogen (secondary N) is 2. The highest BCUT2D eigenvalue weighted by Crippen LogP contribution is 2.22. The number of benzene rings is 2. The Morgan fingerprint density at radius 1 is 0.889 bits per heavy atom. The summed E-state index contributed by atoms with van der Waals surface area (Å²) in [4.78, 5) is 24.1. The molecule has 0 atom stereocenters. The third kappa shape index (κ3) is 6.66. The lowest BCUT2D eigenvalue weighted by Gasteiger charge is -2.10. The van der Waals surface area contributed by atoms with Gasteiger partial charge in [0.15, 0.2) is 0 Å². The van der Waals surface area contributed by atoms with Crippen LogP contribution in [0.3, 0.4) is 0 Å². The number of hydrogen-bond donors (Lipinski definition) is 2. The first kappa shape index (κ1) is 20.3. The highest BCUT2D eigenvalue weighted by molar-refractivity contribution is 5.95. The lowest BCUT2D eigenvalue weighted by molar-refractivity contribution is -0.121. The number of ether oxygens (including phenoxy) is 2. The average Bonchev–Trinajstić information content (AvgIpc) is 2.70. The Kier molecular flexibility index (Phi) is 7.67. The molecule has 6 heteroatoms. The van der Waals surface area contributed by atoms with Crippen LogP contribution in [0.15, 0.2) is 42.5 Å². The number of aryl methyl sites for hydroxylation is 2. The van der Waals surface area contributed by atoms with Gasteiger partial charge in [-0.15, -0.1) is 0 Å². The predicted molar refractivity (Wildman–Crippen MR) is 104 cm³/mol. The molecule has 2 aromatic rings. The molecular weight excluding hydrogens is 344 g/mol. The van der Waals surface area contributed by atoms with Crippen molar-refractivity contribution in [2.24, 2.45) is 0 Å². The van der Waals surface area contributed by atoms with E-state index >= 15 is 0 Å². The lowest BCUT2D eigenvalue weighted by atomic mass is 10.1. The minimum atomic E-state index is -0.249. The van der Waals surface area contributed by atoms with Crippen molar-refractivity contribution in [1.29, 1.82) is 0 Å². The van der Waals surface area contributed by atoms with Crippen molar-refractivity contribution in [2.45, 2.75) is 19.8 Å². The molecule has 2 rings (SSSR count). The number of hydrogen-bond acceptors (Lipinski definition) is 4. The van der Waals surface area contributed by atoms with Gasteiger partial charge in [0.1, 0.15) is 11.5 Å². The Bertz CT molecular complexity index is 750. The van der Waals surface area contributed by atoms with Crippen molar-refractivity contribution in [3.05, 3.63) is 59.2 Å². The molecule has 0 saturated heterocycles. The van der Waals surface area contributed by atoms with Crippen LogP contribution in [0.1, 0.15) is 27.9 Å². The zero-order valence-electron chi connectivity index (χ0n) is 16.0. The molecule has 144 valence electrons. The molecule has 6 nitrogen and oxygen atoms in total. The summed E-state index contributed by atoms with van der Waals surface area (Å²) in [5.41, 5.74) is 2.78. The van der Waals surface area contributed by atoms with Crippen molar-refractivity contribution in [2.75, 3.05) is 27.3 Å². The Morgan fingerprint density at radius 2 is 1.48 bits per heavy atom. The van der Waals surface area contributed by atoms with E-state index in [4.69, 9.17) is 9.47 Å². The van der Waals surface area contributed by atoms with Crippen molar-refractivity contribution >= 4 is 11.8 Å². The Balaban J connectivity index is 1.72. The van der Waals surface area contributed by atoms with Gasteiger partial charge in [0, 0.05) is 31.1 Å². The van der Waals surface area contributed by atoms with Crippen LogP contribution >= 0.6 is 0 Å². The van der Waals surface area contributed by atoms with Gasteiger partial charge < -0.3 is 20.1 Å². The van der Waals surface area contributed by atoms with E-state index in [0.29, 0.717) is 43.0 Å². The van der Waals surface area contributed by atoms with Crippen LogP contribution in [0.2, 0.25) is 0 Å². The highest BCUT2D eigenvalue weighted by Gasteiger charge is 2.09. The van der Waals surface area contributed by atoms with Crippen molar-refractivity contribution < 1.29 is 19.1 Å². The molecule has 2 amide bonds.